The van der Waals surface area contributed by atoms with Gasteiger partial charge >= 0.3 is 0 Å². The molecular formula is C27H34N2O5. The largest absolute Gasteiger partial charge is 0.483 e. The second kappa shape index (κ2) is 10.2. The number of para-hydroxylation sites is 1. The maximum atomic E-state index is 13.0. The quantitative estimate of drug-likeness (QED) is 0.674. The summed E-state index contributed by atoms with van der Waals surface area (Å²) in [5, 5.41) is 21.8. The highest BCUT2D eigenvalue weighted by atomic mass is 16.5. The molecule has 2 heterocycles. The normalized spacial score (nSPS) is 23.5. The summed E-state index contributed by atoms with van der Waals surface area (Å²) >= 11 is 0. The number of ether oxygens (including phenoxy) is 1. The highest BCUT2D eigenvalue weighted by molar-refractivity contribution is 5.94. The summed E-state index contributed by atoms with van der Waals surface area (Å²) in [4.78, 5) is 29.3. The molecular weight excluding hydrogens is 432 g/mol. The van der Waals surface area contributed by atoms with Crippen LogP contribution in [0.25, 0.3) is 0 Å². The molecule has 0 radical (unpaired) electrons. The third-order valence-corrected chi connectivity index (χ3v) is 7.25. The fourth-order valence-corrected chi connectivity index (χ4v) is 5.08. The topological polar surface area (TPSA) is 90.3 Å². The van der Waals surface area contributed by atoms with Gasteiger partial charge in [-0.05, 0) is 55.4 Å². The molecule has 1 saturated heterocycles. The highest BCUT2D eigenvalue weighted by Crippen LogP contribution is 2.39. The Morgan fingerprint density at radius 3 is 2.41 bits per heavy atom. The van der Waals surface area contributed by atoms with Crippen LogP contribution in [0.5, 0.6) is 5.75 Å². The first kappa shape index (κ1) is 24.2. The first-order valence-electron chi connectivity index (χ1n) is 11.9. The number of carbonyl (C=O) groups excluding carboxylic acids is 2. The third-order valence-electron chi connectivity index (χ3n) is 7.25. The molecule has 34 heavy (non-hydrogen) atoms. The van der Waals surface area contributed by atoms with Crippen molar-refractivity contribution in [3.63, 3.8) is 0 Å². The van der Waals surface area contributed by atoms with Crippen molar-refractivity contribution in [1.82, 2.24) is 9.80 Å². The number of aliphatic hydroxyl groups excluding tert-OH is 2. The van der Waals surface area contributed by atoms with Gasteiger partial charge in [0, 0.05) is 38.7 Å². The summed E-state index contributed by atoms with van der Waals surface area (Å²) in [6.45, 7) is 3.42. The van der Waals surface area contributed by atoms with Crippen LogP contribution < -0.4 is 4.74 Å². The summed E-state index contributed by atoms with van der Waals surface area (Å²) in [5.41, 5.74) is 2.14. The van der Waals surface area contributed by atoms with Gasteiger partial charge in [0.05, 0.1) is 12.2 Å². The van der Waals surface area contributed by atoms with Crippen LogP contribution >= 0.6 is 0 Å². The zero-order chi connectivity index (χ0) is 24.3. The lowest BCUT2D eigenvalue weighted by atomic mass is 9.72. The van der Waals surface area contributed by atoms with Crippen molar-refractivity contribution in [2.24, 2.45) is 5.41 Å². The number of fused-ring (bicyclic) bond motifs is 1. The van der Waals surface area contributed by atoms with Gasteiger partial charge in [-0.15, -0.1) is 0 Å². The van der Waals surface area contributed by atoms with Crippen molar-refractivity contribution < 1.29 is 24.5 Å². The van der Waals surface area contributed by atoms with Crippen molar-refractivity contribution in [2.75, 3.05) is 33.3 Å². The minimum Gasteiger partial charge on any atom is -0.483 e. The van der Waals surface area contributed by atoms with E-state index in [0.717, 1.165) is 11.1 Å². The van der Waals surface area contributed by atoms with Crippen molar-refractivity contribution in [2.45, 2.75) is 44.8 Å². The van der Waals surface area contributed by atoms with Crippen molar-refractivity contribution >= 4 is 11.8 Å². The number of piperidine rings is 1. The molecule has 7 nitrogen and oxygen atoms in total. The molecule has 7 heteroatoms. The molecule has 1 spiro atoms. The van der Waals surface area contributed by atoms with Crippen LogP contribution in [0, 0.1) is 12.3 Å². The fourth-order valence-electron chi connectivity index (χ4n) is 5.08. The number of aryl methyl sites for hydroxylation is 1. The number of nitrogens with zero attached hydrogens (tertiary/aromatic N) is 2. The van der Waals surface area contributed by atoms with E-state index < -0.39 is 17.6 Å². The lowest BCUT2D eigenvalue weighted by Gasteiger charge is -2.45. The summed E-state index contributed by atoms with van der Waals surface area (Å²) in [7, 11) is 1.75. The van der Waals surface area contributed by atoms with E-state index in [9.17, 15) is 19.8 Å². The number of hydrogen-bond acceptors (Lipinski definition) is 5. The van der Waals surface area contributed by atoms with Gasteiger partial charge in [0.15, 0.2) is 6.61 Å². The van der Waals surface area contributed by atoms with E-state index in [0.29, 0.717) is 50.2 Å². The second-order valence-corrected chi connectivity index (χ2v) is 9.85. The molecule has 0 unspecified atom stereocenters. The molecule has 182 valence electrons. The Morgan fingerprint density at radius 1 is 1.03 bits per heavy atom. The standard InChI is InChI=1S/C27H34N2O5/c1-19-7-9-20(10-8-19)26(33)29-13-11-27(12-14-29)16-23(31)22(30)15-21-5-3-4-6-24(21)34-17-25(32)28(2)18-27/h3-10,22-23,30-31H,11-18H2,1-2H3/t22-,23+/m0/s1. The molecule has 0 aromatic heterocycles. The van der Waals surface area contributed by atoms with Gasteiger partial charge in [-0.2, -0.15) is 0 Å². The van der Waals surface area contributed by atoms with E-state index >= 15 is 0 Å². The lowest BCUT2D eigenvalue weighted by molar-refractivity contribution is -0.135. The Balaban J connectivity index is 1.51. The molecule has 2 aliphatic heterocycles. The van der Waals surface area contributed by atoms with Gasteiger partial charge in [0.1, 0.15) is 5.75 Å². The minimum absolute atomic E-state index is 0.00183. The minimum atomic E-state index is -0.950. The van der Waals surface area contributed by atoms with Crippen LogP contribution in [0.3, 0.4) is 0 Å². The molecule has 0 aliphatic carbocycles. The molecule has 0 bridgehead atoms. The summed E-state index contributed by atoms with van der Waals surface area (Å²) in [6.07, 6.45) is -0.00590. The average molecular weight is 467 g/mol. The zero-order valence-electron chi connectivity index (χ0n) is 19.9. The van der Waals surface area contributed by atoms with Crippen molar-refractivity contribution in [1.29, 1.82) is 0 Å². The average Bonchev–Trinajstić information content (AvgIpc) is 2.83. The summed E-state index contributed by atoms with van der Waals surface area (Å²) in [5.74, 6) is 0.412. The van der Waals surface area contributed by atoms with Crippen molar-refractivity contribution in [3.05, 3.63) is 65.2 Å². The predicted molar refractivity (Wildman–Crippen MR) is 129 cm³/mol. The van der Waals surface area contributed by atoms with Gasteiger partial charge in [-0.3, -0.25) is 9.59 Å². The first-order valence-corrected chi connectivity index (χ1v) is 11.9. The Hall–Kier alpha value is -2.90. The Labute approximate surface area is 200 Å². The van der Waals surface area contributed by atoms with Gasteiger partial charge in [0.2, 0.25) is 0 Å². The molecule has 0 saturated carbocycles. The van der Waals surface area contributed by atoms with E-state index in [1.165, 1.54) is 0 Å². The smallest absolute Gasteiger partial charge is 0.260 e. The maximum Gasteiger partial charge on any atom is 0.260 e. The summed E-state index contributed by atoms with van der Waals surface area (Å²) < 4.78 is 5.77. The molecule has 2 aliphatic rings. The molecule has 2 N–H and O–H groups in total. The zero-order valence-corrected chi connectivity index (χ0v) is 19.9. The predicted octanol–water partition coefficient (Wildman–Crippen LogP) is 2.42. The fraction of sp³-hybridized carbons (Fsp3) is 0.481. The number of amides is 2. The highest BCUT2D eigenvalue weighted by Gasteiger charge is 2.41. The molecule has 2 aromatic carbocycles. The van der Waals surface area contributed by atoms with Crippen LogP contribution in [0.2, 0.25) is 0 Å². The van der Waals surface area contributed by atoms with Crippen LogP contribution in [-0.4, -0.2) is 77.3 Å². The Bertz CT molecular complexity index is 1010. The van der Waals surface area contributed by atoms with Crippen LogP contribution in [0.15, 0.2) is 48.5 Å². The van der Waals surface area contributed by atoms with Gasteiger partial charge in [0.25, 0.3) is 11.8 Å². The lowest BCUT2D eigenvalue weighted by Crippen LogP contribution is -2.51. The number of rotatable bonds is 1. The van der Waals surface area contributed by atoms with Gasteiger partial charge in [-0.1, -0.05) is 35.9 Å². The Kier molecular flexibility index (Phi) is 7.24. The SMILES string of the molecule is Cc1ccc(C(=O)N2CCC3(CC2)C[C@@H](O)[C@@H](O)Cc2ccccc2OCC(=O)N(C)C3)cc1. The van der Waals surface area contributed by atoms with E-state index in [4.69, 9.17) is 4.74 Å². The van der Waals surface area contributed by atoms with Gasteiger partial charge in [-0.25, -0.2) is 0 Å². The van der Waals surface area contributed by atoms with E-state index in [1.807, 2.05) is 54.3 Å². The number of likely N-dealkylation sites (N-methyl/N-ethyl adjacent to an activating group) is 1. The van der Waals surface area contributed by atoms with E-state index in [1.54, 1.807) is 18.0 Å². The maximum absolute atomic E-state index is 13.0. The number of hydrogen-bond donors (Lipinski definition) is 2. The molecule has 2 atom stereocenters. The summed E-state index contributed by atoms with van der Waals surface area (Å²) in [6, 6.07) is 14.9. The van der Waals surface area contributed by atoms with Crippen molar-refractivity contribution in [3.8, 4) is 5.75 Å². The molecule has 2 aromatic rings. The monoisotopic (exact) mass is 466 g/mol. The first-order chi connectivity index (χ1) is 16.3. The number of benzene rings is 2. The molecule has 2 amide bonds. The number of likely N-dealkylation sites (tertiary alicyclic amines) is 1. The van der Waals surface area contributed by atoms with E-state index in [2.05, 4.69) is 0 Å². The number of carbonyl (C=O) groups is 2. The van der Waals surface area contributed by atoms with Gasteiger partial charge < -0.3 is 24.7 Å². The molecule has 4 rings (SSSR count). The van der Waals surface area contributed by atoms with Crippen LogP contribution in [0.1, 0.15) is 40.7 Å². The van der Waals surface area contributed by atoms with Crippen LogP contribution in [-0.2, 0) is 11.2 Å². The second-order valence-electron chi connectivity index (χ2n) is 9.85. The number of aliphatic hydroxyl groups is 2. The van der Waals surface area contributed by atoms with Crippen LogP contribution in [0.4, 0.5) is 0 Å². The molecule has 1 fully saturated rings. The third kappa shape index (κ3) is 5.42. The van der Waals surface area contributed by atoms with E-state index in [-0.39, 0.29) is 24.8 Å². The Morgan fingerprint density at radius 2 is 1.71 bits per heavy atom.